The lowest BCUT2D eigenvalue weighted by molar-refractivity contribution is -0.278. The Hall–Kier alpha value is -4.58. The van der Waals surface area contributed by atoms with Gasteiger partial charge in [0.15, 0.2) is 0 Å². The van der Waals surface area contributed by atoms with Crippen molar-refractivity contribution in [3.63, 3.8) is 0 Å². The van der Waals surface area contributed by atoms with E-state index in [1.54, 1.807) is 0 Å². The molecule has 0 radical (unpaired) electrons. The smallest absolute Gasteiger partial charge is 0.508 e. The van der Waals surface area contributed by atoms with E-state index >= 15 is 0 Å². The molecular weight excluding hydrogens is 662 g/mol. The van der Waals surface area contributed by atoms with Crippen LogP contribution in [0.15, 0.2) is 36.4 Å². The van der Waals surface area contributed by atoms with Gasteiger partial charge in [-0.05, 0) is 62.4 Å². The summed E-state index contributed by atoms with van der Waals surface area (Å²) < 4.78 is 155. The molecule has 0 saturated carbocycles. The summed E-state index contributed by atoms with van der Waals surface area (Å²) in [6, 6.07) is 3.21. The molecule has 0 atom stereocenters. The van der Waals surface area contributed by atoms with Crippen molar-refractivity contribution in [2.24, 2.45) is 0 Å². The molecule has 0 aliphatic carbocycles. The molecule has 0 saturated heterocycles. The van der Waals surface area contributed by atoms with Crippen LogP contribution in [0.5, 0.6) is 34.5 Å². The molecule has 3 aromatic carbocycles. The van der Waals surface area contributed by atoms with Gasteiger partial charge in [-0.3, -0.25) is 0 Å². The Morgan fingerprint density at radius 2 is 0.674 bits per heavy atom. The van der Waals surface area contributed by atoms with Crippen LogP contribution in [0.2, 0.25) is 0 Å². The molecule has 0 amide bonds. The zero-order valence-corrected chi connectivity index (χ0v) is 24.1. The molecule has 258 valence electrons. The molecule has 0 unspecified atom stereocenters. The highest BCUT2D eigenvalue weighted by Gasteiger charge is 2.35. The number of nitrogen functional groups attached to an aromatic ring is 1. The van der Waals surface area contributed by atoms with E-state index in [9.17, 15) is 57.8 Å². The van der Waals surface area contributed by atoms with E-state index in [4.69, 9.17) is 10.8 Å². The van der Waals surface area contributed by atoms with Crippen molar-refractivity contribution in [3.8, 4) is 34.5 Å². The first-order valence-electron chi connectivity index (χ1n) is 12.1. The van der Waals surface area contributed by atoms with E-state index in [-0.39, 0.29) is 5.69 Å². The highest BCUT2D eigenvalue weighted by molar-refractivity contribution is 5.52. The number of halogens is 12. The first-order valence-corrected chi connectivity index (χ1v) is 12.1. The normalized spacial score (nSPS) is 11.8. The van der Waals surface area contributed by atoms with Crippen LogP contribution < -0.4 is 24.7 Å². The lowest BCUT2D eigenvalue weighted by Gasteiger charge is -2.13. The number of hydrogen-bond acceptors (Lipinski definition) is 7. The maximum Gasteiger partial charge on any atom is 0.573 e. The summed E-state index contributed by atoms with van der Waals surface area (Å²) in [6.07, 6.45) is -20.2. The Bertz CT molecular complexity index is 1230. The molecule has 0 aliphatic rings. The fourth-order valence-electron chi connectivity index (χ4n) is 3.40. The molecule has 3 rings (SSSR count). The van der Waals surface area contributed by atoms with Gasteiger partial charge in [-0.15, -0.1) is 52.7 Å². The third kappa shape index (κ3) is 14.5. The topological polar surface area (TPSA) is 103 Å². The molecule has 7 nitrogen and oxygen atoms in total. The maximum absolute atomic E-state index is 11.8. The Balaban J connectivity index is 0.000000351. The quantitative estimate of drug-likeness (QED) is 0.186. The first-order chi connectivity index (χ1) is 20.6. The minimum absolute atomic E-state index is 0.348. The Kier molecular flexibility index (Phi) is 12.6. The van der Waals surface area contributed by atoms with Gasteiger partial charge in [0.25, 0.3) is 0 Å². The Morgan fingerprint density at radius 3 is 0.935 bits per heavy atom. The molecule has 4 N–H and O–H groups in total. The van der Waals surface area contributed by atoms with Gasteiger partial charge >= 0.3 is 25.4 Å². The Labute approximate surface area is 252 Å². The predicted molar refractivity (Wildman–Crippen MR) is 137 cm³/mol. The number of rotatable bonds is 4. The van der Waals surface area contributed by atoms with Crippen LogP contribution in [0.25, 0.3) is 0 Å². The highest BCUT2D eigenvalue weighted by atomic mass is 19.4. The second-order valence-corrected chi connectivity index (χ2v) is 9.07. The lowest BCUT2D eigenvalue weighted by atomic mass is 9.94. The fraction of sp³-hybridized carbons (Fsp3) is 0.333. The zero-order chi connectivity index (χ0) is 36.0. The molecule has 0 heterocycles. The number of hydrogen-bond donors (Lipinski definition) is 3. The SMILES string of the molecule is Cc1c(C)c(C)c(O)c(C)c1C.Nc1cc(OC(F)(F)F)cc(OC(F)(F)F)c1.Oc1cc(OC(F)(F)F)cc(OC(F)(F)F)c1. The van der Waals surface area contributed by atoms with Crippen molar-refractivity contribution in [1.82, 2.24) is 0 Å². The third-order valence-electron chi connectivity index (χ3n) is 5.66. The predicted octanol–water partition coefficient (Wildman–Crippen LogP) is 9.19. The fourth-order valence-corrected chi connectivity index (χ4v) is 3.40. The summed E-state index contributed by atoms with van der Waals surface area (Å²) in [5, 5.41) is 18.6. The summed E-state index contributed by atoms with van der Waals surface area (Å²) in [4.78, 5) is 0. The highest BCUT2D eigenvalue weighted by Crippen LogP contribution is 2.34. The molecule has 46 heavy (non-hydrogen) atoms. The van der Waals surface area contributed by atoms with Crippen LogP contribution in [0.4, 0.5) is 58.4 Å². The summed E-state index contributed by atoms with van der Waals surface area (Å²) in [5.41, 5.74) is 10.5. The number of phenolic OH excluding ortho intramolecular Hbond substituents is 2. The van der Waals surface area contributed by atoms with E-state index in [2.05, 4.69) is 39.7 Å². The molecule has 0 fully saturated rings. The Morgan fingerprint density at radius 1 is 0.435 bits per heavy atom. The monoisotopic (exact) mass is 687 g/mol. The van der Waals surface area contributed by atoms with E-state index in [1.165, 1.54) is 16.7 Å². The van der Waals surface area contributed by atoms with Crippen LogP contribution >= 0.6 is 0 Å². The summed E-state index contributed by atoms with van der Waals surface area (Å²) in [5.74, 6) is -4.22. The molecule has 0 aliphatic heterocycles. The standard InChI is InChI=1S/C11H16O.C8H5F6NO2.C8H4F6O3/c1-6-7(2)9(4)11(12)10(5)8(6)3;2*9-7(10,11)16-5-1-4(15)2-6(3-5)17-8(12,13)14/h12H,1-5H3;1-3H,15H2;1-3,15H. The summed E-state index contributed by atoms with van der Waals surface area (Å²) in [6.45, 7) is 10.1. The molecular formula is C27H25F12NO6. The second kappa shape index (κ2) is 14.7. The van der Waals surface area contributed by atoms with E-state index in [1.807, 2.05) is 13.8 Å². The van der Waals surface area contributed by atoms with Crippen molar-refractivity contribution in [2.75, 3.05) is 5.73 Å². The molecule has 19 heteroatoms. The summed E-state index contributed by atoms with van der Waals surface area (Å²) >= 11 is 0. The van der Waals surface area contributed by atoms with Gasteiger partial charge in [0.05, 0.1) is 0 Å². The van der Waals surface area contributed by atoms with E-state index < -0.39 is 54.2 Å². The van der Waals surface area contributed by atoms with Gasteiger partial charge in [0.2, 0.25) is 0 Å². The van der Waals surface area contributed by atoms with Crippen molar-refractivity contribution < 1.29 is 81.8 Å². The van der Waals surface area contributed by atoms with Crippen LogP contribution in [-0.4, -0.2) is 35.7 Å². The first kappa shape index (κ1) is 39.4. The van der Waals surface area contributed by atoms with Gasteiger partial charge in [0.1, 0.15) is 34.5 Å². The minimum atomic E-state index is -5.08. The third-order valence-corrected chi connectivity index (χ3v) is 5.66. The van der Waals surface area contributed by atoms with Crippen LogP contribution in [0.3, 0.4) is 0 Å². The van der Waals surface area contributed by atoms with Gasteiger partial charge in [-0.1, -0.05) is 0 Å². The molecule has 0 spiro atoms. The van der Waals surface area contributed by atoms with Crippen molar-refractivity contribution in [2.45, 2.75) is 60.1 Å². The van der Waals surface area contributed by atoms with Crippen LogP contribution in [0.1, 0.15) is 27.8 Å². The number of aromatic hydroxyl groups is 2. The lowest BCUT2D eigenvalue weighted by Crippen LogP contribution is -2.19. The molecule has 0 aromatic heterocycles. The number of alkyl halides is 12. The van der Waals surface area contributed by atoms with E-state index in [0.717, 1.165) is 23.3 Å². The van der Waals surface area contributed by atoms with E-state index in [0.29, 0.717) is 30.0 Å². The number of ether oxygens (including phenoxy) is 4. The minimum Gasteiger partial charge on any atom is -0.508 e. The summed E-state index contributed by atoms with van der Waals surface area (Å²) in [7, 11) is 0. The maximum atomic E-state index is 11.8. The largest absolute Gasteiger partial charge is 0.573 e. The van der Waals surface area contributed by atoms with Gasteiger partial charge in [0, 0.05) is 42.1 Å². The van der Waals surface area contributed by atoms with Gasteiger partial charge < -0.3 is 34.9 Å². The van der Waals surface area contributed by atoms with Gasteiger partial charge in [-0.2, -0.15) is 0 Å². The molecule has 3 aromatic rings. The van der Waals surface area contributed by atoms with Gasteiger partial charge in [-0.25, -0.2) is 0 Å². The molecule has 0 bridgehead atoms. The van der Waals surface area contributed by atoms with Crippen LogP contribution in [0, 0.1) is 34.6 Å². The van der Waals surface area contributed by atoms with Crippen molar-refractivity contribution >= 4 is 5.69 Å². The zero-order valence-electron chi connectivity index (χ0n) is 24.1. The van der Waals surface area contributed by atoms with Crippen LogP contribution in [-0.2, 0) is 0 Å². The van der Waals surface area contributed by atoms with Crippen molar-refractivity contribution in [3.05, 3.63) is 64.2 Å². The number of anilines is 1. The van der Waals surface area contributed by atoms with Crippen molar-refractivity contribution in [1.29, 1.82) is 0 Å². The number of phenols is 2. The number of nitrogens with two attached hydrogens (primary N) is 1. The average Bonchev–Trinajstić information content (AvgIpc) is 2.81. The second-order valence-electron chi connectivity index (χ2n) is 9.07. The average molecular weight is 687 g/mol. The number of benzene rings is 3.